The molecule has 0 spiro atoms. The van der Waals surface area contributed by atoms with Gasteiger partial charge < -0.3 is 11.7 Å². The summed E-state index contributed by atoms with van der Waals surface area (Å²) in [6.07, 6.45) is 0. The molecule has 3 heterocycles. The van der Waals surface area contributed by atoms with Crippen LogP contribution >= 0.6 is 23.5 Å². The Kier molecular flexibility index (Phi) is 6.64. The highest BCUT2D eigenvalue weighted by molar-refractivity contribution is 7.99. The summed E-state index contributed by atoms with van der Waals surface area (Å²) in [5.74, 6) is 16.0. The zero-order valence-electron chi connectivity index (χ0n) is 18.8. The van der Waals surface area contributed by atoms with Gasteiger partial charge in [0.2, 0.25) is 0 Å². The molecule has 5 aromatic rings. The third-order valence-corrected chi connectivity index (χ3v) is 6.84. The standard InChI is InChI=1S/C23H22N10S2/c1-15-12-20(34-13-18-28-30-21(32(18)24)16-8-4-2-5-9-16)27-23(26-15)35-14-19-29-31-22(33(19)25)17-10-6-3-7-11-17/h2-12H,13-14,24-25H2,1H3. The van der Waals surface area contributed by atoms with Gasteiger partial charge in [0, 0.05) is 16.8 Å². The third-order valence-electron chi connectivity index (χ3n) is 5.09. The molecule has 2 aromatic carbocycles. The van der Waals surface area contributed by atoms with E-state index in [2.05, 4.69) is 30.4 Å². The minimum atomic E-state index is 0.488. The van der Waals surface area contributed by atoms with Crippen LogP contribution in [0, 0.1) is 6.92 Å². The normalized spacial score (nSPS) is 11.1. The Hall–Kier alpha value is -3.90. The van der Waals surface area contributed by atoms with Crippen molar-refractivity contribution < 1.29 is 0 Å². The van der Waals surface area contributed by atoms with Gasteiger partial charge in [-0.2, -0.15) is 0 Å². The summed E-state index contributed by atoms with van der Waals surface area (Å²) in [5.41, 5.74) is 2.69. The molecule has 35 heavy (non-hydrogen) atoms. The van der Waals surface area contributed by atoms with E-state index in [1.165, 1.54) is 32.9 Å². The van der Waals surface area contributed by atoms with Crippen molar-refractivity contribution in [2.75, 3.05) is 11.7 Å². The van der Waals surface area contributed by atoms with Gasteiger partial charge in [0.1, 0.15) is 5.03 Å². The number of nitrogens with zero attached hydrogens (tertiary/aromatic N) is 8. The molecule has 0 bridgehead atoms. The number of thioether (sulfide) groups is 2. The van der Waals surface area contributed by atoms with Gasteiger partial charge in [-0.1, -0.05) is 84.2 Å². The first-order valence-corrected chi connectivity index (χ1v) is 12.7. The van der Waals surface area contributed by atoms with Gasteiger partial charge in [-0.3, -0.25) is 0 Å². The van der Waals surface area contributed by atoms with E-state index in [0.717, 1.165) is 21.8 Å². The van der Waals surface area contributed by atoms with E-state index in [0.29, 0.717) is 40.0 Å². The molecule has 0 aliphatic rings. The van der Waals surface area contributed by atoms with Gasteiger partial charge in [-0.25, -0.2) is 19.3 Å². The first-order valence-electron chi connectivity index (χ1n) is 10.7. The van der Waals surface area contributed by atoms with Gasteiger partial charge >= 0.3 is 0 Å². The van der Waals surface area contributed by atoms with Gasteiger partial charge in [0.05, 0.1) is 11.5 Å². The van der Waals surface area contributed by atoms with Crippen LogP contribution in [0.2, 0.25) is 0 Å². The topological polar surface area (TPSA) is 139 Å². The highest BCUT2D eigenvalue weighted by Crippen LogP contribution is 2.26. The number of rotatable bonds is 8. The second-order valence-corrected chi connectivity index (χ2v) is 9.50. The number of benzene rings is 2. The van der Waals surface area contributed by atoms with Crippen molar-refractivity contribution in [3.63, 3.8) is 0 Å². The van der Waals surface area contributed by atoms with Crippen LogP contribution in [0.4, 0.5) is 0 Å². The maximum atomic E-state index is 6.24. The Morgan fingerprint density at radius 2 is 1.20 bits per heavy atom. The van der Waals surface area contributed by atoms with Crippen LogP contribution in [0.25, 0.3) is 22.8 Å². The second kappa shape index (κ2) is 10.2. The smallest absolute Gasteiger partial charge is 0.189 e. The van der Waals surface area contributed by atoms with Crippen LogP contribution in [-0.2, 0) is 11.5 Å². The predicted octanol–water partition coefficient (Wildman–Crippen LogP) is 3.31. The molecule has 0 unspecified atom stereocenters. The number of hydrogen-bond acceptors (Lipinski definition) is 10. The molecule has 0 saturated carbocycles. The van der Waals surface area contributed by atoms with Gasteiger partial charge in [0.25, 0.3) is 0 Å². The zero-order chi connectivity index (χ0) is 24.2. The number of hydrogen-bond donors (Lipinski definition) is 2. The highest BCUT2D eigenvalue weighted by atomic mass is 32.2. The lowest BCUT2D eigenvalue weighted by atomic mass is 10.2. The molecule has 4 N–H and O–H groups in total. The molecule has 0 amide bonds. The van der Waals surface area contributed by atoms with Crippen molar-refractivity contribution in [2.24, 2.45) is 0 Å². The summed E-state index contributed by atoms with van der Waals surface area (Å²) in [4.78, 5) is 9.21. The summed E-state index contributed by atoms with van der Waals surface area (Å²) in [6.45, 7) is 1.94. The monoisotopic (exact) mass is 502 g/mol. The van der Waals surface area contributed by atoms with Crippen molar-refractivity contribution >= 4 is 23.5 Å². The maximum Gasteiger partial charge on any atom is 0.189 e. The molecule has 0 fully saturated rings. The van der Waals surface area contributed by atoms with E-state index in [1.807, 2.05) is 73.7 Å². The molecule has 0 atom stereocenters. The quantitative estimate of drug-likeness (QED) is 0.141. The minimum Gasteiger partial charge on any atom is -0.336 e. The molecule has 0 saturated heterocycles. The lowest BCUT2D eigenvalue weighted by Crippen LogP contribution is -2.14. The Balaban J connectivity index is 1.26. The van der Waals surface area contributed by atoms with Gasteiger partial charge in [0.15, 0.2) is 28.5 Å². The molecule has 3 aromatic heterocycles. The Labute approximate surface area is 210 Å². The lowest BCUT2D eigenvalue weighted by molar-refractivity contribution is 0.855. The minimum absolute atomic E-state index is 0.488. The van der Waals surface area contributed by atoms with E-state index in [1.54, 1.807) is 0 Å². The molecule has 176 valence electrons. The van der Waals surface area contributed by atoms with Crippen molar-refractivity contribution in [1.82, 2.24) is 39.7 Å². The van der Waals surface area contributed by atoms with E-state index < -0.39 is 0 Å². The fourth-order valence-electron chi connectivity index (χ4n) is 3.33. The average Bonchev–Trinajstić information content (AvgIpc) is 3.44. The Morgan fingerprint density at radius 3 is 1.74 bits per heavy atom. The van der Waals surface area contributed by atoms with Crippen molar-refractivity contribution in [3.05, 3.63) is 84.1 Å². The van der Waals surface area contributed by atoms with Crippen LogP contribution in [0.5, 0.6) is 0 Å². The third kappa shape index (κ3) is 5.12. The van der Waals surface area contributed by atoms with Crippen LogP contribution in [0.1, 0.15) is 17.3 Å². The molecule has 10 nitrogen and oxygen atoms in total. The van der Waals surface area contributed by atoms with E-state index in [4.69, 9.17) is 11.7 Å². The number of aromatic nitrogens is 8. The van der Waals surface area contributed by atoms with E-state index in [9.17, 15) is 0 Å². The average molecular weight is 503 g/mol. The fraction of sp³-hybridized carbons (Fsp3) is 0.130. The molecule has 0 radical (unpaired) electrons. The summed E-state index contributed by atoms with van der Waals surface area (Å²) < 4.78 is 3.02. The van der Waals surface area contributed by atoms with E-state index >= 15 is 0 Å². The van der Waals surface area contributed by atoms with Crippen LogP contribution in [0.3, 0.4) is 0 Å². The van der Waals surface area contributed by atoms with Crippen molar-refractivity contribution in [1.29, 1.82) is 0 Å². The maximum absolute atomic E-state index is 6.24. The highest BCUT2D eigenvalue weighted by Gasteiger charge is 2.15. The first-order chi connectivity index (χ1) is 17.1. The van der Waals surface area contributed by atoms with Crippen LogP contribution < -0.4 is 11.7 Å². The predicted molar refractivity (Wildman–Crippen MR) is 137 cm³/mol. The summed E-state index contributed by atoms with van der Waals surface area (Å²) in [6, 6.07) is 21.4. The second-order valence-electron chi connectivity index (χ2n) is 7.56. The zero-order valence-corrected chi connectivity index (χ0v) is 20.4. The van der Waals surface area contributed by atoms with Crippen LogP contribution in [-0.4, -0.2) is 39.7 Å². The molecule has 5 rings (SSSR count). The summed E-state index contributed by atoms with van der Waals surface area (Å²) >= 11 is 2.98. The Morgan fingerprint density at radius 1 is 0.686 bits per heavy atom. The molecular weight excluding hydrogens is 480 g/mol. The van der Waals surface area contributed by atoms with E-state index in [-0.39, 0.29) is 0 Å². The fourth-order valence-corrected chi connectivity index (χ4v) is 5.09. The lowest BCUT2D eigenvalue weighted by Gasteiger charge is -2.07. The Bertz CT molecular complexity index is 1330. The van der Waals surface area contributed by atoms with Crippen LogP contribution in [0.15, 0.2) is 76.9 Å². The number of aryl methyl sites for hydroxylation is 1. The molecular formula is C23H22N10S2. The molecule has 0 aliphatic carbocycles. The SMILES string of the molecule is Cc1cc(SCc2nnc(-c3ccccc3)n2N)nc(SCc2nnc(-c3ccccc3)n2N)n1. The molecule has 12 heteroatoms. The van der Waals surface area contributed by atoms with Crippen molar-refractivity contribution in [3.8, 4) is 22.8 Å². The van der Waals surface area contributed by atoms with Crippen molar-refractivity contribution in [2.45, 2.75) is 28.6 Å². The first kappa shape index (κ1) is 22.9. The largest absolute Gasteiger partial charge is 0.336 e. The van der Waals surface area contributed by atoms with Gasteiger partial charge in [-0.05, 0) is 13.0 Å². The summed E-state index contributed by atoms with van der Waals surface area (Å²) in [7, 11) is 0. The number of nitrogen functional groups attached to an aromatic ring is 2. The summed E-state index contributed by atoms with van der Waals surface area (Å²) in [5, 5.41) is 18.4. The molecule has 0 aliphatic heterocycles. The number of nitrogens with two attached hydrogens (primary N) is 2. The van der Waals surface area contributed by atoms with Gasteiger partial charge in [-0.15, -0.1) is 20.4 Å².